The largest absolute Gasteiger partial charge is 0.223 e. The van der Waals surface area contributed by atoms with Crippen molar-refractivity contribution < 1.29 is 8.42 Å². The Kier molecular flexibility index (Phi) is 3.69. The summed E-state index contributed by atoms with van der Waals surface area (Å²) in [5.74, 6) is 0.0482. The first kappa shape index (κ1) is 12.0. The summed E-state index contributed by atoms with van der Waals surface area (Å²) in [7, 11) is -3.19. The highest BCUT2D eigenvalue weighted by atomic mass is 32.2. The molecule has 0 aliphatic rings. The Bertz CT molecular complexity index is 441. The van der Waals surface area contributed by atoms with Gasteiger partial charge >= 0.3 is 0 Å². The first-order valence-electron chi connectivity index (χ1n) is 4.92. The van der Waals surface area contributed by atoms with Gasteiger partial charge in [0.15, 0.2) is 9.84 Å². The van der Waals surface area contributed by atoms with Crippen LogP contribution in [0.3, 0.4) is 0 Å². The SMILES string of the molecule is C=C(CC)CS(=O)(=O)c1ccc(C)cc1. The Balaban J connectivity index is 2.96. The third-order valence-electron chi connectivity index (χ3n) is 2.27. The zero-order valence-electron chi connectivity index (χ0n) is 9.16. The van der Waals surface area contributed by atoms with Crippen LogP contribution in [0.5, 0.6) is 0 Å². The van der Waals surface area contributed by atoms with Gasteiger partial charge in [-0.2, -0.15) is 0 Å². The summed E-state index contributed by atoms with van der Waals surface area (Å²) in [6.07, 6.45) is 0.699. The summed E-state index contributed by atoms with van der Waals surface area (Å²) in [5.41, 5.74) is 1.80. The van der Waals surface area contributed by atoms with Crippen molar-refractivity contribution in [3.8, 4) is 0 Å². The molecule has 0 aromatic heterocycles. The van der Waals surface area contributed by atoms with Crippen LogP contribution in [0.25, 0.3) is 0 Å². The second kappa shape index (κ2) is 4.62. The lowest BCUT2D eigenvalue weighted by atomic mass is 10.2. The van der Waals surface area contributed by atoms with E-state index in [1.165, 1.54) is 0 Å². The molecule has 3 heteroatoms. The van der Waals surface area contributed by atoms with Crippen LogP contribution in [0, 0.1) is 6.92 Å². The monoisotopic (exact) mass is 224 g/mol. The van der Waals surface area contributed by atoms with Gasteiger partial charge in [-0.15, -0.1) is 0 Å². The summed E-state index contributed by atoms with van der Waals surface area (Å²) >= 11 is 0. The molecule has 0 atom stereocenters. The Hall–Kier alpha value is -1.09. The maximum absolute atomic E-state index is 11.9. The van der Waals surface area contributed by atoms with Crippen molar-refractivity contribution in [3.05, 3.63) is 42.0 Å². The van der Waals surface area contributed by atoms with Gasteiger partial charge in [-0.3, -0.25) is 0 Å². The second-order valence-corrected chi connectivity index (χ2v) is 5.67. The van der Waals surface area contributed by atoms with Crippen LogP contribution in [0.1, 0.15) is 18.9 Å². The molecule has 0 saturated heterocycles. The van der Waals surface area contributed by atoms with E-state index in [9.17, 15) is 8.42 Å². The van der Waals surface area contributed by atoms with Crippen LogP contribution in [-0.4, -0.2) is 14.2 Å². The van der Waals surface area contributed by atoms with Gasteiger partial charge in [0.1, 0.15) is 0 Å². The van der Waals surface area contributed by atoms with Gasteiger partial charge in [0.2, 0.25) is 0 Å². The van der Waals surface area contributed by atoms with Crippen molar-refractivity contribution in [2.24, 2.45) is 0 Å². The summed E-state index contributed by atoms with van der Waals surface area (Å²) in [6, 6.07) is 6.91. The third kappa shape index (κ3) is 3.20. The van der Waals surface area contributed by atoms with Crippen molar-refractivity contribution >= 4 is 9.84 Å². The second-order valence-electron chi connectivity index (χ2n) is 3.68. The van der Waals surface area contributed by atoms with Crippen LogP contribution >= 0.6 is 0 Å². The minimum Gasteiger partial charge on any atom is -0.223 e. The van der Waals surface area contributed by atoms with Crippen LogP contribution in [0.2, 0.25) is 0 Å². The molecule has 1 aromatic carbocycles. The molecule has 0 N–H and O–H groups in total. The number of hydrogen-bond donors (Lipinski definition) is 0. The van der Waals surface area contributed by atoms with Crippen molar-refractivity contribution in [2.75, 3.05) is 5.75 Å². The zero-order valence-corrected chi connectivity index (χ0v) is 9.97. The molecule has 0 aliphatic carbocycles. The Labute approximate surface area is 91.6 Å². The zero-order chi connectivity index (χ0) is 11.5. The summed E-state index contributed by atoms with van der Waals surface area (Å²) in [5, 5.41) is 0. The van der Waals surface area contributed by atoms with Gasteiger partial charge in [-0.25, -0.2) is 8.42 Å². The third-order valence-corrected chi connectivity index (χ3v) is 4.05. The molecule has 82 valence electrons. The van der Waals surface area contributed by atoms with Crippen LogP contribution in [-0.2, 0) is 9.84 Å². The summed E-state index contributed by atoms with van der Waals surface area (Å²) in [6.45, 7) is 7.56. The molecule has 1 aromatic rings. The highest BCUT2D eigenvalue weighted by Gasteiger charge is 2.14. The molecular weight excluding hydrogens is 208 g/mol. The molecule has 0 unspecified atom stereocenters. The molecule has 0 fully saturated rings. The highest BCUT2D eigenvalue weighted by molar-refractivity contribution is 7.91. The van der Waals surface area contributed by atoms with E-state index in [2.05, 4.69) is 6.58 Å². The van der Waals surface area contributed by atoms with Gasteiger partial charge in [0, 0.05) is 0 Å². The molecule has 1 rings (SSSR count). The Morgan fingerprint density at radius 3 is 2.27 bits per heavy atom. The highest BCUT2D eigenvalue weighted by Crippen LogP contribution is 2.15. The van der Waals surface area contributed by atoms with Crippen molar-refractivity contribution in [2.45, 2.75) is 25.2 Å². The van der Waals surface area contributed by atoms with Gasteiger partial charge < -0.3 is 0 Å². The van der Waals surface area contributed by atoms with E-state index in [-0.39, 0.29) is 5.75 Å². The lowest BCUT2D eigenvalue weighted by molar-refractivity contribution is 0.597. The Morgan fingerprint density at radius 1 is 1.27 bits per heavy atom. The van der Waals surface area contributed by atoms with Crippen LogP contribution < -0.4 is 0 Å². The van der Waals surface area contributed by atoms with E-state index in [1.54, 1.807) is 12.1 Å². The molecule has 15 heavy (non-hydrogen) atoms. The molecule has 0 amide bonds. The average molecular weight is 224 g/mol. The summed E-state index contributed by atoms with van der Waals surface area (Å²) < 4.78 is 23.7. The van der Waals surface area contributed by atoms with E-state index in [4.69, 9.17) is 0 Å². The normalized spacial score (nSPS) is 11.3. The molecule has 0 heterocycles. The molecule has 0 radical (unpaired) electrons. The molecule has 0 aliphatic heterocycles. The van der Waals surface area contributed by atoms with Gasteiger partial charge in [0.05, 0.1) is 10.6 Å². The topological polar surface area (TPSA) is 34.1 Å². The number of rotatable bonds is 4. The van der Waals surface area contributed by atoms with E-state index in [1.807, 2.05) is 26.0 Å². The van der Waals surface area contributed by atoms with Crippen molar-refractivity contribution in [1.29, 1.82) is 0 Å². The predicted molar refractivity (Wildman–Crippen MR) is 62.7 cm³/mol. The van der Waals surface area contributed by atoms with E-state index in [0.717, 1.165) is 11.1 Å². The average Bonchev–Trinajstić information content (AvgIpc) is 2.17. The maximum Gasteiger partial charge on any atom is 0.182 e. The maximum atomic E-state index is 11.9. The van der Waals surface area contributed by atoms with Gasteiger partial charge in [0.25, 0.3) is 0 Å². The number of benzene rings is 1. The molecular formula is C12H16O2S. The molecule has 0 spiro atoms. The first-order chi connectivity index (χ1) is 6.95. The summed E-state index contributed by atoms with van der Waals surface area (Å²) in [4.78, 5) is 0.378. The van der Waals surface area contributed by atoms with Crippen molar-refractivity contribution in [3.63, 3.8) is 0 Å². The lowest BCUT2D eigenvalue weighted by Crippen LogP contribution is -2.08. The molecule has 0 bridgehead atoms. The van der Waals surface area contributed by atoms with Crippen molar-refractivity contribution in [1.82, 2.24) is 0 Å². The van der Waals surface area contributed by atoms with Gasteiger partial charge in [-0.05, 0) is 25.5 Å². The van der Waals surface area contributed by atoms with E-state index < -0.39 is 9.84 Å². The Morgan fingerprint density at radius 2 is 1.80 bits per heavy atom. The lowest BCUT2D eigenvalue weighted by Gasteiger charge is -2.05. The fraction of sp³-hybridized carbons (Fsp3) is 0.333. The molecule has 0 saturated carbocycles. The van der Waals surface area contributed by atoms with E-state index in [0.29, 0.717) is 11.3 Å². The van der Waals surface area contributed by atoms with E-state index >= 15 is 0 Å². The van der Waals surface area contributed by atoms with Crippen LogP contribution in [0.4, 0.5) is 0 Å². The molecule has 2 nitrogen and oxygen atoms in total. The quantitative estimate of drug-likeness (QED) is 0.737. The fourth-order valence-electron chi connectivity index (χ4n) is 1.20. The number of hydrogen-bond acceptors (Lipinski definition) is 2. The van der Waals surface area contributed by atoms with Crippen LogP contribution in [0.15, 0.2) is 41.3 Å². The first-order valence-corrected chi connectivity index (χ1v) is 6.57. The minimum atomic E-state index is -3.19. The predicted octanol–water partition coefficient (Wildman–Crippen LogP) is 2.73. The number of sulfone groups is 1. The number of aryl methyl sites for hydroxylation is 1. The van der Waals surface area contributed by atoms with Gasteiger partial charge in [-0.1, -0.05) is 36.8 Å². The fourth-order valence-corrected chi connectivity index (χ4v) is 2.66. The standard InChI is InChI=1S/C12H16O2S/c1-4-10(2)9-15(13,14)12-7-5-11(3)6-8-12/h5-8H,2,4,9H2,1,3H3. The smallest absolute Gasteiger partial charge is 0.182 e. The minimum absolute atomic E-state index is 0.0482.